The van der Waals surface area contributed by atoms with Crippen LogP contribution in [0.25, 0.3) is 0 Å². The van der Waals surface area contributed by atoms with E-state index in [1.807, 2.05) is 18.0 Å². The molecule has 2 aromatic rings. The van der Waals surface area contributed by atoms with Crippen LogP contribution in [-0.2, 0) is 13.0 Å². The van der Waals surface area contributed by atoms with Gasteiger partial charge in [0.05, 0.1) is 0 Å². The number of hydrogen-bond acceptors (Lipinski definition) is 3. The first-order chi connectivity index (χ1) is 11.2. The Bertz CT molecular complexity index is 757. The third kappa shape index (κ3) is 2.79. The molecule has 0 spiro atoms. The maximum Gasteiger partial charge on any atom is 0.215 e. The first-order valence-corrected chi connectivity index (χ1v) is 8.24. The molecule has 0 fully saturated rings. The predicted octanol–water partition coefficient (Wildman–Crippen LogP) is 3.90. The number of aliphatic hydroxyl groups is 1. The minimum absolute atomic E-state index is 0. The lowest BCUT2D eigenvalue weighted by Gasteiger charge is -2.44. The standard InChI is InChI=1S/C20H22N2O.ClH/c1-20(23,21-12-6-7-13-21)22-15-18-10-3-2-8-16(18)14-17-9-4-5-11-19(17)22;/h2-6,8-12,23H,7,13-15H2,1H3;1H. The Morgan fingerprint density at radius 3 is 2.33 bits per heavy atom. The lowest BCUT2D eigenvalue weighted by molar-refractivity contribution is -0.0650. The minimum atomic E-state index is -1.04. The molecule has 4 rings (SSSR count). The van der Waals surface area contributed by atoms with E-state index in [0.717, 1.165) is 25.1 Å². The van der Waals surface area contributed by atoms with Crippen LogP contribution in [0.1, 0.15) is 30.0 Å². The molecule has 1 N–H and O–H groups in total. The molecule has 2 aliphatic heterocycles. The maximum atomic E-state index is 11.3. The van der Waals surface area contributed by atoms with E-state index >= 15 is 0 Å². The van der Waals surface area contributed by atoms with Gasteiger partial charge in [-0.2, -0.15) is 0 Å². The highest BCUT2D eigenvalue weighted by molar-refractivity contribution is 5.85. The second-order valence-corrected chi connectivity index (χ2v) is 6.50. The van der Waals surface area contributed by atoms with Crippen molar-refractivity contribution in [1.82, 2.24) is 4.90 Å². The molecule has 0 amide bonds. The average molecular weight is 343 g/mol. The molecule has 0 radical (unpaired) electrons. The van der Waals surface area contributed by atoms with Crippen molar-refractivity contribution in [3.05, 3.63) is 77.5 Å². The number of benzene rings is 2. The molecule has 24 heavy (non-hydrogen) atoms. The summed E-state index contributed by atoms with van der Waals surface area (Å²) in [5.41, 5.74) is 5.01. The quantitative estimate of drug-likeness (QED) is 0.896. The van der Waals surface area contributed by atoms with Crippen LogP contribution < -0.4 is 4.90 Å². The van der Waals surface area contributed by atoms with E-state index in [4.69, 9.17) is 0 Å². The molecule has 2 aromatic carbocycles. The maximum absolute atomic E-state index is 11.3. The van der Waals surface area contributed by atoms with Gasteiger partial charge in [0.25, 0.3) is 0 Å². The first kappa shape index (κ1) is 16.9. The molecular weight excluding hydrogens is 320 g/mol. The molecular formula is C20H23ClN2O. The van der Waals surface area contributed by atoms with E-state index < -0.39 is 5.85 Å². The lowest BCUT2D eigenvalue weighted by Crippen LogP contribution is -2.56. The summed E-state index contributed by atoms with van der Waals surface area (Å²) in [6.45, 7) is 3.46. The van der Waals surface area contributed by atoms with Crippen LogP contribution in [0.3, 0.4) is 0 Å². The largest absolute Gasteiger partial charge is 0.354 e. The lowest BCUT2D eigenvalue weighted by atomic mass is 10.0. The normalized spacial score (nSPS) is 18.2. The van der Waals surface area contributed by atoms with Crippen molar-refractivity contribution >= 4 is 18.1 Å². The Morgan fingerprint density at radius 2 is 1.62 bits per heavy atom. The monoisotopic (exact) mass is 342 g/mol. The molecule has 0 aliphatic carbocycles. The predicted molar refractivity (Wildman–Crippen MR) is 100 cm³/mol. The van der Waals surface area contributed by atoms with Crippen molar-refractivity contribution in [1.29, 1.82) is 0 Å². The Hall–Kier alpha value is -1.97. The highest BCUT2D eigenvalue weighted by Gasteiger charge is 2.37. The SMILES string of the molecule is CC(O)(N1C=CCC1)N1Cc2ccccc2Cc2ccccc21.Cl. The number of fused-ring (bicyclic) bond motifs is 2. The third-order valence-electron chi connectivity index (χ3n) is 4.99. The van der Waals surface area contributed by atoms with Crippen LogP contribution in [0.2, 0.25) is 0 Å². The number of nitrogens with zero attached hydrogens (tertiary/aromatic N) is 2. The summed E-state index contributed by atoms with van der Waals surface area (Å²) in [5.74, 6) is -1.04. The van der Waals surface area contributed by atoms with Gasteiger partial charge in [-0.1, -0.05) is 48.5 Å². The van der Waals surface area contributed by atoms with Crippen molar-refractivity contribution in [2.45, 2.75) is 32.2 Å². The Kier molecular flexibility index (Phi) is 4.57. The summed E-state index contributed by atoms with van der Waals surface area (Å²) in [7, 11) is 0. The molecule has 0 saturated heterocycles. The Labute approximate surface area is 149 Å². The average Bonchev–Trinajstić information content (AvgIpc) is 3.04. The minimum Gasteiger partial charge on any atom is -0.354 e. The van der Waals surface area contributed by atoms with E-state index in [1.165, 1.54) is 16.7 Å². The van der Waals surface area contributed by atoms with E-state index in [-0.39, 0.29) is 12.4 Å². The van der Waals surface area contributed by atoms with Gasteiger partial charge in [0.1, 0.15) is 0 Å². The van der Waals surface area contributed by atoms with Gasteiger partial charge in [-0.3, -0.25) is 0 Å². The molecule has 126 valence electrons. The fourth-order valence-corrected chi connectivity index (χ4v) is 3.64. The second kappa shape index (κ2) is 6.50. The molecule has 1 unspecified atom stereocenters. The van der Waals surface area contributed by atoms with Gasteiger partial charge in [0.2, 0.25) is 5.85 Å². The van der Waals surface area contributed by atoms with E-state index in [0.29, 0.717) is 6.54 Å². The number of rotatable bonds is 2. The van der Waals surface area contributed by atoms with Gasteiger partial charge in [0, 0.05) is 25.7 Å². The highest BCUT2D eigenvalue weighted by atomic mass is 35.5. The highest BCUT2D eigenvalue weighted by Crippen LogP contribution is 2.36. The van der Waals surface area contributed by atoms with Crippen molar-refractivity contribution < 1.29 is 5.11 Å². The third-order valence-corrected chi connectivity index (χ3v) is 4.99. The zero-order valence-corrected chi connectivity index (χ0v) is 14.7. The molecule has 3 nitrogen and oxygen atoms in total. The van der Waals surface area contributed by atoms with Crippen molar-refractivity contribution in [3.63, 3.8) is 0 Å². The fourth-order valence-electron chi connectivity index (χ4n) is 3.64. The van der Waals surface area contributed by atoms with Crippen LogP contribution >= 0.6 is 12.4 Å². The Morgan fingerprint density at radius 1 is 0.958 bits per heavy atom. The van der Waals surface area contributed by atoms with Crippen LogP contribution in [0, 0.1) is 0 Å². The molecule has 1 atom stereocenters. The van der Waals surface area contributed by atoms with E-state index in [2.05, 4.69) is 59.5 Å². The topological polar surface area (TPSA) is 26.7 Å². The van der Waals surface area contributed by atoms with Crippen LogP contribution in [0.15, 0.2) is 60.8 Å². The van der Waals surface area contributed by atoms with Crippen molar-refractivity contribution in [2.75, 3.05) is 11.4 Å². The van der Waals surface area contributed by atoms with Crippen molar-refractivity contribution in [3.8, 4) is 0 Å². The summed E-state index contributed by atoms with van der Waals surface area (Å²) in [6.07, 6.45) is 6.03. The van der Waals surface area contributed by atoms with Crippen LogP contribution in [-0.4, -0.2) is 22.4 Å². The summed E-state index contributed by atoms with van der Waals surface area (Å²) in [4.78, 5) is 4.15. The van der Waals surface area contributed by atoms with Gasteiger partial charge >= 0.3 is 0 Å². The van der Waals surface area contributed by atoms with Gasteiger partial charge in [-0.25, -0.2) is 0 Å². The summed E-state index contributed by atoms with van der Waals surface area (Å²) in [5, 5.41) is 11.3. The van der Waals surface area contributed by atoms with E-state index in [1.54, 1.807) is 0 Å². The number of para-hydroxylation sites is 1. The summed E-state index contributed by atoms with van der Waals surface area (Å²) in [6, 6.07) is 17.0. The zero-order chi connectivity index (χ0) is 15.9. The van der Waals surface area contributed by atoms with Gasteiger partial charge in [-0.15, -0.1) is 12.4 Å². The van der Waals surface area contributed by atoms with E-state index in [9.17, 15) is 5.11 Å². The molecule has 2 aliphatic rings. The fraction of sp³-hybridized carbons (Fsp3) is 0.300. The number of halogens is 1. The molecule has 0 saturated carbocycles. The van der Waals surface area contributed by atoms with Crippen LogP contribution in [0.4, 0.5) is 5.69 Å². The second-order valence-electron chi connectivity index (χ2n) is 6.50. The molecule has 0 aromatic heterocycles. The molecule has 0 bridgehead atoms. The number of hydrogen-bond donors (Lipinski definition) is 1. The van der Waals surface area contributed by atoms with Gasteiger partial charge in [-0.05, 0) is 41.8 Å². The number of anilines is 1. The smallest absolute Gasteiger partial charge is 0.215 e. The van der Waals surface area contributed by atoms with Crippen LogP contribution in [0.5, 0.6) is 0 Å². The molecule has 2 heterocycles. The zero-order valence-electron chi connectivity index (χ0n) is 13.9. The van der Waals surface area contributed by atoms with Gasteiger partial charge < -0.3 is 14.9 Å². The van der Waals surface area contributed by atoms with Crippen molar-refractivity contribution in [2.24, 2.45) is 0 Å². The Balaban J connectivity index is 0.00000169. The van der Waals surface area contributed by atoms with Gasteiger partial charge in [0.15, 0.2) is 0 Å². The summed E-state index contributed by atoms with van der Waals surface area (Å²) >= 11 is 0. The first-order valence-electron chi connectivity index (χ1n) is 8.24. The summed E-state index contributed by atoms with van der Waals surface area (Å²) < 4.78 is 0. The molecule has 4 heteroatoms.